The van der Waals surface area contributed by atoms with Crippen LogP contribution < -0.4 is 21.2 Å². The Balaban J connectivity index is 1.62. The standard InChI is InChI=1S/C15H12I2NO/c1-2-4-11-10(3-1)5-6-13(11)19-15-12-7-8-16-14(12)18-9-17-15/h1-4,7-9,13H,5-6H2/q-1/t13-/m0/s1. The number of hydrogen-bond donors (Lipinski definition) is 0. The first-order valence-electron chi connectivity index (χ1n) is 6.24. The number of hydrogen-bond acceptors (Lipinski definition) is 2. The second kappa shape index (κ2) is 5.21. The third kappa shape index (κ3) is 2.27. The molecule has 0 N–H and O–H groups in total. The van der Waals surface area contributed by atoms with Crippen LogP contribution in [0.15, 0.2) is 48.7 Å². The van der Waals surface area contributed by atoms with E-state index in [0.29, 0.717) is 0 Å². The fourth-order valence-corrected chi connectivity index (χ4v) is 7.44. The van der Waals surface area contributed by atoms with E-state index in [2.05, 4.69) is 43.6 Å². The molecule has 0 bridgehead atoms. The monoisotopic (exact) mass is 476 g/mol. The van der Waals surface area contributed by atoms with E-state index in [1.165, 1.54) is 24.1 Å². The van der Waals surface area contributed by atoms with Crippen LogP contribution in [0.4, 0.5) is 0 Å². The van der Waals surface area contributed by atoms with Gasteiger partial charge in [-0.15, -0.1) is 0 Å². The Morgan fingerprint density at radius 3 is 3.26 bits per heavy atom. The predicted octanol–water partition coefficient (Wildman–Crippen LogP) is 0.661. The summed E-state index contributed by atoms with van der Waals surface area (Å²) in [5.74, 6) is 0. The van der Waals surface area contributed by atoms with E-state index in [9.17, 15) is 0 Å². The number of rotatable bonds is 2. The fraction of sp³-hybridized carbons (Fsp3) is 0.200. The second-order valence-corrected chi connectivity index (χ2v) is 9.08. The molecule has 0 unspecified atom stereocenters. The number of ether oxygens (including phenoxy) is 1. The van der Waals surface area contributed by atoms with Gasteiger partial charge in [0.05, 0.1) is 0 Å². The number of halogens is 2. The summed E-state index contributed by atoms with van der Waals surface area (Å²) in [7, 11) is 0. The molecular formula is C15H12I2NO-. The molecule has 0 amide bonds. The van der Waals surface area contributed by atoms with Crippen LogP contribution in [-0.2, 0) is 11.2 Å². The number of aliphatic imine (C=N–C) groups is 1. The van der Waals surface area contributed by atoms with Gasteiger partial charge in [-0.25, -0.2) is 0 Å². The summed E-state index contributed by atoms with van der Waals surface area (Å²) in [5, 5.41) is 0. The van der Waals surface area contributed by atoms with Gasteiger partial charge in [-0.05, 0) is 0 Å². The molecule has 1 aliphatic carbocycles. The molecular weight excluding hydrogens is 464 g/mol. The summed E-state index contributed by atoms with van der Waals surface area (Å²) in [6.07, 6.45) is 4.76. The predicted molar refractivity (Wildman–Crippen MR) is 82.3 cm³/mol. The second-order valence-electron chi connectivity index (χ2n) is 4.56. The summed E-state index contributed by atoms with van der Waals surface area (Å²) < 4.78 is 13.3. The summed E-state index contributed by atoms with van der Waals surface area (Å²) >= 11 is -0.183. The number of nitrogens with zero attached hydrogens (tertiary/aromatic N) is 1. The molecule has 0 radical (unpaired) electrons. The number of aryl methyl sites for hydroxylation is 1. The van der Waals surface area contributed by atoms with E-state index in [4.69, 9.17) is 4.74 Å². The van der Waals surface area contributed by atoms with E-state index in [-0.39, 0.29) is 48.0 Å². The molecule has 1 aromatic carbocycles. The molecule has 4 rings (SSSR count). The zero-order valence-electron chi connectivity index (χ0n) is 10.1. The number of fused-ring (bicyclic) bond motifs is 1. The Bertz CT molecular complexity index is 658. The fourth-order valence-electron chi connectivity index (χ4n) is 2.55. The summed E-state index contributed by atoms with van der Waals surface area (Å²) in [5.41, 5.74) is 4.16. The normalized spacial score (nSPS) is 24.4. The van der Waals surface area contributed by atoms with E-state index in [1.54, 1.807) is 0 Å². The molecule has 0 fully saturated rings. The SMILES string of the molecule is C1=CC2=C(N=CI=C2O[C@H]2CCc3ccccc32)[I-]1. The van der Waals surface area contributed by atoms with E-state index in [1.807, 2.05) is 0 Å². The van der Waals surface area contributed by atoms with Crippen molar-refractivity contribution in [3.8, 4) is 0 Å². The first-order valence-corrected chi connectivity index (χ1v) is 10.9. The molecule has 0 saturated carbocycles. The van der Waals surface area contributed by atoms with Gasteiger partial charge in [0.1, 0.15) is 0 Å². The summed E-state index contributed by atoms with van der Waals surface area (Å²) in [4.78, 5) is 4.55. The van der Waals surface area contributed by atoms with Crippen LogP contribution in [0.2, 0.25) is 0 Å². The van der Waals surface area contributed by atoms with Crippen molar-refractivity contribution in [1.82, 2.24) is 0 Å². The van der Waals surface area contributed by atoms with Gasteiger partial charge in [0, 0.05) is 0 Å². The molecule has 2 heterocycles. The van der Waals surface area contributed by atoms with Crippen molar-refractivity contribution in [2.75, 3.05) is 0 Å². The first-order chi connectivity index (χ1) is 9.42. The van der Waals surface area contributed by atoms with Crippen LogP contribution >= 0.6 is 20.7 Å². The molecule has 1 atom stereocenters. The topological polar surface area (TPSA) is 21.6 Å². The molecule has 0 spiro atoms. The average molecular weight is 476 g/mol. The molecule has 0 aromatic heterocycles. The van der Waals surface area contributed by atoms with Gasteiger partial charge in [-0.1, -0.05) is 0 Å². The van der Waals surface area contributed by atoms with Crippen LogP contribution in [0.5, 0.6) is 0 Å². The van der Waals surface area contributed by atoms with E-state index >= 15 is 0 Å². The van der Waals surface area contributed by atoms with Crippen molar-refractivity contribution in [3.05, 3.63) is 54.8 Å². The van der Waals surface area contributed by atoms with Crippen molar-refractivity contribution in [2.45, 2.75) is 18.9 Å². The van der Waals surface area contributed by atoms with Crippen LogP contribution in [-0.4, -0.2) is 7.92 Å². The third-order valence-electron chi connectivity index (χ3n) is 3.46. The maximum atomic E-state index is 6.38. The van der Waals surface area contributed by atoms with Crippen LogP contribution in [0.1, 0.15) is 23.7 Å². The average Bonchev–Trinajstić information content (AvgIpc) is 3.06. The molecule has 0 saturated heterocycles. The van der Waals surface area contributed by atoms with Crippen molar-refractivity contribution in [1.29, 1.82) is 0 Å². The van der Waals surface area contributed by atoms with Crippen molar-refractivity contribution >= 4 is 28.6 Å². The first kappa shape index (κ1) is 12.4. The van der Waals surface area contributed by atoms with Crippen molar-refractivity contribution in [2.24, 2.45) is 4.99 Å². The zero-order chi connectivity index (χ0) is 12.7. The molecule has 3 aliphatic rings. The Morgan fingerprint density at radius 2 is 2.26 bits per heavy atom. The Kier molecular flexibility index (Phi) is 3.40. The van der Waals surface area contributed by atoms with Gasteiger partial charge in [-0.2, -0.15) is 0 Å². The van der Waals surface area contributed by atoms with Crippen molar-refractivity contribution in [3.63, 3.8) is 0 Å². The molecule has 2 nitrogen and oxygen atoms in total. The number of benzene rings is 1. The molecule has 19 heavy (non-hydrogen) atoms. The van der Waals surface area contributed by atoms with E-state index in [0.717, 1.165) is 12.8 Å². The Morgan fingerprint density at radius 1 is 1.32 bits per heavy atom. The van der Waals surface area contributed by atoms with E-state index < -0.39 is 0 Å². The maximum absolute atomic E-state index is 6.38. The summed E-state index contributed by atoms with van der Waals surface area (Å²) in [6, 6.07) is 8.69. The van der Waals surface area contributed by atoms with Gasteiger partial charge in [0.15, 0.2) is 0 Å². The van der Waals surface area contributed by atoms with Gasteiger partial charge >= 0.3 is 133 Å². The van der Waals surface area contributed by atoms with Gasteiger partial charge in [0.25, 0.3) is 0 Å². The van der Waals surface area contributed by atoms with Crippen LogP contribution in [0.25, 0.3) is 0 Å². The molecule has 1 aromatic rings. The third-order valence-corrected chi connectivity index (χ3v) is 7.59. The molecule has 2 aliphatic heterocycles. The molecule has 4 heteroatoms. The Hall–Kier alpha value is -0.340. The Labute approximate surface area is 132 Å². The van der Waals surface area contributed by atoms with Gasteiger partial charge < -0.3 is 0 Å². The van der Waals surface area contributed by atoms with Gasteiger partial charge in [0.2, 0.25) is 0 Å². The minimum atomic E-state index is -0.182. The van der Waals surface area contributed by atoms with Crippen LogP contribution in [0.3, 0.4) is 0 Å². The zero-order valence-corrected chi connectivity index (χ0v) is 14.5. The van der Waals surface area contributed by atoms with Gasteiger partial charge in [-0.3, -0.25) is 0 Å². The minimum absolute atomic E-state index is 0.000945. The van der Waals surface area contributed by atoms with Crippen LogP contribution in [0, 0.1) is 0 Å². The molecule has 98 valence electrons. The van der Waals surface area contributed by atoms with Crippen molar-refractivity contribution < 1.29 is 25.9 Å². The quantitative estimate of drug-likeness (QED) is 0.455. The summed E-state index contributed by atoms with van der Waals surface area (Å²) in [6.45, 7) is 0.